The Kier molecular flexibility index (Phi) is 3.84. The van der Waals surface area contributed by atoms with Crippen LogP contribution in [-0.4, -0.2) is 28.0 Å². The molecule has 0 aliphatic carbocycles. The van der Waals surface area contributed by atoms with Crippen LogP contribution in [0.3, 0.4) is 0 Å². The lowest BCUT2D eigenvalue weighted by molar-refractivity contribution is -0.118. The van der Waals surface area contributed by atoms with Crippen molar-refractivity contribution in [2.45, 2.75) is 19.4 Å². The summed E-state index contributed by atoms with van der Waals surface area (Å²) in [6.45, 7) is 1.78. The zero-order valence-electron chi connectivity index (χ0n) is 11.0. The van der Waals surface area contributed by atoms with Crippen LogP contribution in [0.4, 0.5) is 5.82 Å². The molecular weight excluding hydrogens is 258 g/mol. The molecule has 6 nitrogen and oxygen atoms in total. The molecule has 0 bridgehead atoms. The summed E-state index contributed by atoms with van der Waals surface area (Å²) < 4.78 is 0. The molecular formula is C14H15N3O3. The topological polar surface area (TPSA) is 105 Å². The van der Waals surface area contributed by atoms with Gasteiger partial charge in [0.2, 0.25) is 5.91 Å². The number of nitrogens with two attached hydrogens (primary N) is 1. The van der Waals surface area contributed by atoms with Gasteiger partial charge in [0.1, 0.15) is 5.82 Å². The number of hydrogen-bond acceptors (Lipinski definition) is 4. The largest absolute Gasteiger partial charge is 0.478 e. The molecule has 0 radical (unpaired) electrons. The first-order chi connectivity index (χ1) is 9.47. The van der Waals surface area contributed by atoms with Crippen molar-refractivity contribution in [2.24, 2.45) is 5.73 Å². The molecule has 104 valence electrons. The zero-order chi connectivity index (χ0) is 14.7. The summed E-state index contributed by atoms with van der Waals surface area (Å²) in [5.41, 5.74) is 5.88. The second kappa shape index (κ2) is 5.56. The number of nitrogens with one attached hydrogen (secondary N) is 1. The number of hydrogen-bond donors (Lipinski definition) is 3. The van der Waals surface area contributed by atoms with E-state index in [1.54, 1.807) is 31.2 Å². The lowest BCUT2D eigenvalue weighted by atomic mass is 10.1. The van der Waals surface area contributed by atoms with Gasteiger partial charge in [0.05, 0.1) is 11.1 Å². The average Bonchev–Trinajstić information content (AvgIpc) is 2.36. The highest BCUT2D eigenvalue weighted by Gasteiger charge is 2.13. The predicted octanol–water partition coefficient (Wildman–Crippen LogP) is 1.61. The third-order valence-electron chi connectivity index (χ3n) is 2.85. The summed E-state index contributed by atoms with van der Waals surface area (Å²) in [6.07, 6.45) is 0.150. The maximum atomic E-state index is 11.3. The number of para-hydroxylation sites is 1. The molecule has 1 amide bonds. The molecule has 0 fully saturated rings. The molecule has 0 aliphatic heterocycles. The monoisotopic (exact) mass is 273 g/mol. The van der Waals surface area contributed by atoms with Crippen molar-refractivity contribution in [3.05, 3.63) is 35.9 Å². The summed E-state index contributed by atoms with van der Waals surface area (Å²) >= 11 is 0. The molecule has 20 heavy (non-hydrogen) atoms. The zero-order valence-corrected chi connectivity index (χ0v) is 11.0. The average molecular weight is 273 g/mol. The number of pyridine rings is 1. The first kappa shape index (κ1) is 13.8. The van der Waals surface area contributed by atoms with Gasteiger partial charge in [-0.2, -0.15) is 0 Å². The second-order valence-corrected chi connectivity index (χ2v) is 4.59. The van der Waals surface area contributed by atoms with Crippen molar-refractivity contribution < 1.29 is 14.7 Å². The molecule has 0 saturated heterocycles. The highest BCUT2D eigenvalue weighted by atomic mass is 16.4. The summed E-state index contributed by atoms with van der Waals surface area (Å²) in [5.74, 6) is -1.03. The lowest BCUT2D eigenvalue weighted by Crippen LogP contribution is -2.24. The van der Waals surface area contributed by atoms with Crippen molar-refractivity contribution in [1.82, 2.24) is 4.98 Å². The molecule has 0 saturated carbocycles. The number of aromatic carboxylic acids is 1. The van der Waals surface area contributed by atoms with Gasteiger partial charge in [0.15, 0.2) is 0 Å². The number of benzene rings is 1. The van der Waals surface area contributed by atoms with E-state index in [0.717, 1.165) is 0 Å². The standard InChI is InChI=1S/C14H15N3O3/c1-8(6-12(15)18)16-13-7-10(14(19)20)9-4-2-3-5-11(9)17-13/h2-5,7-8H,6H2,1H3,(H2,15,18)(H,16,17)(H,19,20). The molecule has 1 atom stereocenters. The Labute approximate surface area is 115 Å². The van der Waals surface area contributed by atoms with Crippen LogP contribution in [0.25, 0.3) is 10.9 Å². The lowest BCUT2D eigenvalue weighted by Gasteiger charge is -2.14. The number of fused-ring (bicyclic) bond motifs is 1. The molecule has 1 aromatic heterocycles. The van der Waals surface area contributed by atoms with Gasteiger partial charge in [-0.05, 0) is 19.1 Å². The van der Waals surface area contributed by atoms with Gasteiger partial charge in [0.25, 0.3) is 0 Å². The van der Waals surface area contributed by atoms with Gasteiger partial charge in [0, 0.05) is 17.8 Å². The smallest absolute Gasteiger partial charge is 0.336 e. The van der Waals surface area contributed by atoms with Crippen molar-refractivity contribution in [1.29, 1.82) is 0 Å². The molecule has 1 aromatic carbocycles. The number of amides is 1. The van der Waals surface area contributed by atoms with Gasteiger partial charge in [-0.15, -0.1) is 0 Å². The quantitative estimate of drug-likeness (QED) is 0.767. The normalized spacial score (nSPS) is 12.1. The summed E-state index contributed by atoms with van der Waals surface area (Å²) in [4.78, 5) is 26.5. The van der Waals surface area contributed by atoms with Crippen LogP contribution in [0.2, 0.25) is 0 Å². The van der Waals surface area contributed by atoms with Crippen LogP contribution in [0.1, 0.15) is 23.7 Å². The predicted molar refractivity (Wildman–Crippen MR) is 75.6 cm³/mol. The fourth-order valence-electron chi connectivity index (χ4n) is 2.03. The molecule has 1 unspecified atom stereocenters. The molecule has 0 spiro atoms. The van der Waals surface area contributed by atoms with Gasteiger partial charge >= 0.3 is 5.97 Å². The first-order valence-corrected chi connectivity index (χ1v) is 6.15. The van der Waals surface area contributed by atoms with Crippen molar-refractivity contribution in [2.75, 3.05) is 5.32 Å². The molecule has 6 heteroatoms. The Bertz CT molecular complexity index is 670. The van der Waals surface area contributed by atoms with E-state index in [0.29, 0.717) is 16.7 Å². The van der Waals surface area contributed by atoms with E-state index in [9.17, 15) is 14.7 Å². The highest BCUT2D eigenvalue weighted by molar-refractivity contribution is 6.03. The number of rotatable bonds is 5. The Balaban J connectivity index is 2.40. The molecule has 2 aromatic rings. The van der Waals surface area contributed by atoms with E-state index in [2.05, 4.69) is 10.3 Å². The van der Waals surface area contributed by atoms with Crippen LogP contribution in [0.5, 0.6) is 0 Å². The fourth-order valence-corrected chi connectivity index (χ4v) is 2.03. The number of anilines is 1. The minimum atomic E-state index is -1.02. The summed E-state index contributed by atoms with van der Waals surface area (Å²) in [7, 11) is 0. The van der Waals surface area contributed by atoms with E-state index in [-0.39, 0.29) is 18.0 Å². The minimum absolute atomic E-state index is 0.150. The van der Waals surface area contributed by atoms with Gasteiger partial charge in [-0.3, -0.25) is 4.79 Å². The minimum Gasteiger partial charge on any atom is -0.478 e. The maximum absolute atomic E-state index is 11.3. The molecule has 2 rings (SSSR count). The molecule has 1 heterocycles. The fraction of sp³-hybridized carbons (Fsp3) is 0.214. The van der Waals surface area contributed by atoms with Gasteiger partial charge < -0.3 is 16.2 Å². The van der Waals surface area contributed by atoms with Gasteiger partial charge in [-0.1, -0.05) is 18.2 Å². The third kappa shape index (κ3) is 3.03. The Morgan fingerprint density at radius 2 is 2.10 bits per heavy atom. The van der Waals surface area contributed by atoms with Crippen LogP contribution < -0.4 is 11.1 Å². The van der Waals surface area contributed by atoms with Crippen molar-refractivity contribution in [3.8, 4) is 0 Å². The summed E-state index contributed by atoms with van der Waals surface area (Å²) in [6, 6.07) is 8.25. The van der Waals surface area contributed by atoms with Crippen LogP contribution in [0.15, 0.2) is 30.3 Å². The van der Waals surface area contributed by atoms with Crippen molar-refractivity contribution >= 4 is 28.6 Å². The molecule has 4 N–H and O–H groups in total. The van der Waals surface area contributed by atoms with Crippen LogP contribution in [-0.2, 0) is 4.79 Å². The van der Waals surface area contributed by atoms with E-state index in [1.807, 2.05) is 0 Å². The first-order valence-electron chi connectivity index (χ1n) is 6.15. The van der Waals surface area contributed by atoms with Crippen molar-refractivity contribution in [3.63, 3.8) is 0 Å². The van der Waals surface area contributed by atoms with E-state index in [4.69, 9.17) is 5.73 Å². The van der Waals surface area contributed by atoms with E-state index >= 15 is 0 Å². The Hall–Kier alpha value is -2.63. The van der Waals surface area contributed by atoms with E-state index < -0.39 is 11.9 Å². The second-order valence-electron chi connectivity index (χ2n) is 4.59. The SMILES string of the molecule is CC(CC(N)=O)Nc1cc(C(=O)O)c2ccccc2n1. The van der Waals surface area contributed by atoms with Crippen LogP contribution in [0, 0.1) is 0 Å². The number of nitrogens with zero attached hydrogens (tertiary/aromatic N) is 1. The Morgan fingerprint density at radius 1 is 1.40 bits per heavy atom. The Morgan fingerprint density at radius 3 is 2.75 bits per heavy atom. The molecule has 0 aliphatic rings. The highest BCUT2D eigenvalue weighted by Crippen LogP contribution is 2.21. The summed E-state index contributed by atoms with van der Waals surface area (Å²) in [5, 5.41) is 12.8. The third-order valence-corrected chi connectivity index (χ3v) is 2.85. The number of carbonyl (C=O) groups is 2. The van der Waals surface area contributed by atoms with E-state index in [1.165, 1.54) is 6.07 Å². The number of carbonyl (C=O) groups excluding carboxylic acids is 1. The number of carboxylic acid groups (broad SMARTS) is 1. The number of primary amides is 1. The maximum Gasteiger partial charge on any atom is 0.336 e. The van der Waals surface area contributed by atoms with Gasteiger partial charge in [-0.25, -0.2) is 9.78 Å². The number of aromatic nitrogens is 1. The number of carboxylic acids is 1. The van der Waals surface area contributed by atoms with Crippen LogP contribution >= 0.6 is 0 Å².